The first-order valence-corrected chi connectivity index (χ1v) is 8.86. The lowest BCUT2D eigenvalue weighted by Crippen LogP contribution is -2.52. The van der Waals surface area contributed by atoms with Crippen LogP contribution in [0.15, 0.2) is 22.7 Å². The van der Waals surface area contributed by atoms with E-state index in [2.05, 4.69) is 46.0 Å². The van der Waals surface area contributed by atoms with Crippen LogP contribution in [0, 0.1) is 0 Å². The number of fused-ring (bicyclic) bond motifs is 1. The molecule has 21 heavy (non-hydrogen) atoms. The van der Waals surface area contributed by atoms with Crippen LogP contribution in [0.4, 0.5) is 5.69 Å². The van der Waals surface area contributed by atoms with Crippen molar-refractivity contribution in [3.05, 3.63) is 28.2 Å². The minimum Gasteiger partial charge on any atom is -0.374 e. The van der Waals surface area contributed by atoms with E-state index in [1.807, 2.05) is 0 Å². The summed E-state index contributed by atoms with van der Waals surface area (Å²) in [6, 6.07) is 7.47. The maximum Gasteiger partial charge on any atom is 0.0779 e. The fourth-order valence-electron chi connectivity index (χ4n) is 3.64. The average Bonchev–Trinajstić information content (AvgIpc) is 2.48. The number of halogens is 1. The maximum atomic E-state index is 5.97. The van der Waals surface area contributed by atoms with Crippen molar-refractivity contribution in [3.63, 3.8) is 0 Å². The van der Waals surface area contributed by atoms with Crippen molar-refractivity contribution in [1.82, 2.24) is 0 Å². The van der Waals surface area contributed by atoms with E-state index in [1.54, 1.807) is 0 Å². The molecular formula is C17H25BrN2O. The summed E-state index contributed by atoms with van der Waals surface area (Å²) in [5.41, 5.74) is 8.52. The molecule has 0 radical (unpaired) electrons. The van der Waals surface area contributed by atoms with Crippen molar-refractivity contribution in [2.75, 3.05) is 18.1 Å². The zero-order chi connectivity index (χ0) is 14.8. The SMILES string of the molecule is CC(N)Cc1ccc(N2CCOC3CCCCC32)cc1Br. The van der Waals surface area contributed by atoms with E-state index in [-0.39, 0.29) is 6.04 Å². The molecule has 3 unspecified atom stereocenters. The third kappa shape index (κ3) is 3.43. The second-order valence-corrected chi connectivity index (χ2v) is 7.27. The lowest BCUT2D eigenvalue weighted by Gasteiger charge is -2.45. The molecule has 2 aliphatic rings. The van der Waals surface area contributed by atoms with Gasteiger partial charge in [0.2, 0.25) is 0 Å². The third-order valence-electron chi connectivity index (χ3n) is 4.64. The fourth-order valence-corrected chi connectivity index (χ4v) is 4.17. The van der Waals surface area contributed by atoms with Gasteiger partial charge in [0.1, 0.15) is 0 Å². The van der Waals surface area contributed by atoms with Gasteiger partial charge < -0.3 is 15.4 Å². The quantitative estimate of drug-likeness (QED) is 0.904. The number of morpholine rings is 1. The van der Waals surface area contributed by atoms with E-state index in [0.29, 0.717) is 12.1 Å². The summed E-state index contributed by atoms with van der Waals surface area (Å²) in [5.74, 6) is 0. The average molecular weight is 353 g/mol. The van der Waals surface area contributed by atoms with Gasteiger partial charge in [-0.2, -0.15) is 0 Å². The Kier molecular flexibility index (Phi) is 4.87. The van der Waals surface area contributed by atoms with E-state index in [0.717, 1.165) is 19.6 Å². The minimum absolute atomic E-state index is 0.193. The summed E-state index contributed by atoms with van der Waals surface area (Å²) in [6.07, 6.45) is 6.44. The van der Waals surface area contributed by atoms with Crippen molar-refractivity contribution in [2.24, 2.45) is 5.73 Å². The molecule has 1 aliphatic heterocycles. The molecule has 3 rings (SSSR count). The molecule has 0 aromatic heterocycles. The van der Waals surface area contributed by atoms with Crippen molar-refractivity contribution in [1.29, 1.82) is 0 Å². The molecule has 1 saturated carbocycles. The van der Waals surface area contributed by atoms with Crippen LogP contribution < -0.4 is 10.6 Å². The Morgan fingerprint density at radius 2 is 2.19 bits per heavy atom. The van der Waals surface area contributed by atoms with Crippen LogP contribution in [0.25, 0.3) is 0 Å². The Balaban J connectivity index is 1.80. The highest BCUT2D eigenvalue weighted by Gasteiger charge is 2.34. The maximum absolute atomic E-state index is 5.97. The lowest BCUT2D eigenvalue weighted by atomic mass is 9.89. The normalized spacial score (nSPS) is 27.3. The second-order valence-electron chi connectivity index (χ2n) is 6.41. The molecule has 116 valence electrons. The molecule has 1 aromatic rings. The molecule has 1 saturated heterocycles. The molecule has 3 atom stereocenters. The van der Waals surface area contributed by atoms with Crippen LogP contribution in [-0.2, 0) is 11.2 Å². The monoisotopic (exact) mass is 352 g/mol. The van der Waals surface area contributed by atoms with Crippen LogP contribution in [0.2, 0.25) is 0 Å². The lowest BCUT2D eigenvalue weighted by molar-refractivity contribution is -0.00868. The first kappa shape index (κ1) is 15.3. The van der Waals surface area contributed by atoms with E-state index in [4.69, 9.17) is 10.5 Å². The van der Waals surface area contributed by atoms with E-state index >= 15 is 0 Å². The van der Waals surface area contributed by atoms with Gasteiger partial charge in [-0.15, -0.1) is 0 Å². The van der Waals surface area contributed by atoms with Crippen molar-refractivity contribution in [2.45, 2.75) is 57.2 Å². The highest BCUT2D eigenvalue weighted by Crippen LogP contribution is 2.34. The minimum atomic E-state index is 0.193. The van der Waals surface area contributed by atoms with E-state index in [1.165, 1.54) is 41.4 Å². The van der Waals surface area contributed by atoms with Crippen LogP contribution in [0.5, 0.6) is 0 Å². The summed E-state index contributed by atoms with van der Waals surface area (Å²) in [6.45, 7) is 3.90. The molecule has 0 spiro atoms. The Hall–Kier alpha value is -0.580. The Morgan fingerprint density at radius 1 is 1.38 bits per heavy atom. The van der Waals surface area contributed by atoms with Crippen LogP contribution >= 0.6 is 15.9 Å². The number of hydrogen-bond donors (Lipinski definition) is 1. The zero-order valence-electron chi connectivity index (χ0n) is 12.7. The van der Waals surface area contributed by atoms with Gasteiger partial charge in [0.25, 0.3) is 0 Å². The fraction of sp³-hybridized carbons (Fsp3) is 0.647. The van der Waals surface area contributed by atoms with Gasteiger partial charge in [-0.1, -0.05) is 34.8 Å². The Labute approximate surface area is 136 Å². The smallest absolute Gasteiger partial charge is 0.0779 e. The number of nitrogens with zero attached hydrogens (tertiary/aromatic N) is 1. The van der Waals surface area contributed by atoms with Gasteiger partial charge in [0.15, 0.2) is 0 Å². The van der Waals surface area contributed by atoms with E-state index < -0.39 is 0 Å². The van der Waals surface area contributed by atoms with Gasteiger partial charge >= 0.3 is 0 Å². The highest BCUT2D eigenvalue weighted by atomic mass is 79.9. The Bertz CT molecular complexity index is 490. The molecular weight excluding hydrogens is 328 g/mol. The number of ether oxygens (including phenoxy) is 1. The van der Waals surface area contributed by atoms with Gasteiger partial charge in [-0.05, 0) is 43.9 Å². The van der Waals surface area contributed by atoms with Gasteiger partial charge in [0.05, 0.1) is 18.8 Å². The first-order chi connectivity index (χ1) is 10.1. The van der Waals surface area contributed by atoms with E-state index in [9.17, 15) is 0 Å². The predicted octanol–water partition coefficient (Wildman–Crippen LogP) is 3.49. The number of benzene rings is 1. The largest absolute Gasteiger partial charge is 0.374 e. The van der Waals surface area contributed by atoms with Crippen LogP contribution in [-0.4, -0.2) is 31.3 Å². The zero-order valence-corrected chi connectivity index (χ0v) is 14.3. The molecule has 2 N–H and O–H groups in total. The molecule has 1 aromatic carbocycles. The molecule has 0 amide bonds. The standard InChI is InChI=1S/C17H25BrN2O/c1-12(19)10-13-6-7-14(11-15(13)18)20-8-9-21-17-5-3-2-4-16(17)20/h6-7,11-12,16-17H,2-5,8-10,19H2,1H3. The summed E-state index contributed by atoms with van der Waals surface area (Å²) in [7, 11) is 0. The summed E-state index contributed by atoms with van der Waals surface area (Å²) >= 11 is 3.72. The predicted molar refractivity (Wildman–Crippen MR) is 90.8 cm³/mol. The Morgan fingerprint density at radius 3 is 2.95 bits per heavy atom. The molecule has 4 heteroatoms. The first-order valence-electron chi connectivity index (χ1n) is 8.07. The van der Waals surface area contributed by atoms with Crippen molar-refractivity contribution >= 4 is 21.6 Å². The molecule has 1 aliphatic carbocycles. The summed E-state index contributed by atoms with van der Waals surface area (Å²) in [5, 5.41) is 0. The van der Waals surface area contributed by atoms with Crippen LogP contribution in [0.1, 0.15) is 38.2 Å². The number of nitrogens with two attached hydrogens (primary N) is 1. The van der Waals surface area contributed by atoms with Crippen LogP contribution in [0.3, 0.4) is 0 Å². The molecule has 2 fully saturated rings. The summed E-state index contributed by atoms with van der Waals surface area (Å²) in [4.78, 5) is 2.55. The topological polar surface area (TPSA) is 38.5 Å². The molecule has 3 nitrogen and oxygen atoms in total. The summed E-state index contributed by atoms with van der Waals surface area (Å²) < 4.78 is 7.15. The van der Waals surface area contributed by atoms with Gasteiger partial charge in [-0.3, -0.25) is 0 Å². The second kappa shape index (κ2) is 6.67. The third-order valence-corrected chi connectivity index (χ3v) is 5.38. The molecule has 0 bridgehead atoms. The number of anilines is 1. The van der Waals surface area contributed by atoms with Crippen molar-refractivity contribution in [3.8, 4) is 0 Å². The number of hydrogen-bond acceptors (Lipinski definition) is 3. The molecule has 1 heterocycles. The number of rotatable bonds is 3. The van der Waals surface area contributed by atoms with Gasteiger partial charge in [-0.25, -0.2) is 0 Å². The van der Waals surface area contributed by atoms with Gasteiger partial charge in [0, 0.05) is 22.7 Å². The highest BCUT2D eigenvalue weighted by molar-refractivity contribution is 9.10. The van der Waals surface area contributed by atoms with Crippen molar-refractivity contribution < 1.29 is 4.74 Å².